The number of likely N-dealkylation sites (tertiary alicyclic amines) is 1. The maximum Gasteiger partial charge on any atom is 0.241 e. The molecule has 0 aliphatic carbocycles. The van der Waals surface area contributed by atoms with Gasteiger partial charge in [-0.05, 0) is 55.7 Å². The molecular weight excluding hydrogens is 436 g/mol. The molecule has 1 aliphatic rings. The van der Waals surface area contributed by atoms with E-state index in [1.54, 1.807) is 0 Å². The molecule has 1 saturated heterocycles. The van der Waals surface area contributed by atoms with Gasteiger partial charge in [-0.2, -0.15) is 4.98 Å². The third-order valence-electron chi connectivity index (χ3n) is 6.74. The molecule has 6 heteroatoms. The van der Waals surface area contributed by atoms with Crippen molar-refractivity contribution in [3.05, 3.63) is 71.1 Å². The summed E-state index contributed by atoms with van der Waals surface area (Å²) in [4.78, 5) is 19.6. The van der Waals surface area contributed by atoms with Crippen molar-refractivity contribution in [3.63, 3.8) is 0 Å². The van der Waals surface area contributed by atoms with Crippen LogP contribution in [-0.4, -0.2) is 40.6 Å². The van der Waals surface area contributed by atoms with Crippen LogP contribution in [0.25, 0.3) is 11.4 Å². The Bertz CT molecular complexity index is 1110. The lowest BCUT2D eigenvalue weighted by molar-refractivity contribution is -0.126. The molecule has 2 aromatic carbocycles. The highest BCUT2D eigenvalue weighted by Crippen LogP contribution is 2.25. The van der Waals surface area contributed by atoms with E-state index in [-0.39, 0.29) is 17.2 Å². The van der Waals surface area contributed by atoms with E-state index in [1.165, 1.54) is 16.7 Å². The number of aromatic nitrogens is 2. The zero-order valence-corrected chi connectivity index (χ0v) is 21.5. The molecule has 1 atom stereocenters. The van der Waals surface area contributed by atoms with Gasteiger partial charge < -0.3 is 9.84 Å². The average Bonchev–Trinajstić information content (AvgIpc) is 3.30. The van der Waals surface area contributed by atoms with Crippen LogP contribution < -0.4 is 5.32 Å². The summed E-state index contributed by atoms with van der Waals surface area (Å²) in [6.45, 7) is 11.7. The summed E-state index contributed by atoms with van der Waals surface area (Å²) < 4.78 is 5.54. The smallest absolute Gasteiger partial charge is 0.241 e. The fraction of sp³-hybridized carbons (Fsp3) is 0.483. The van der Waals surface area contributed by atoms with E-state index in [9.17, 15) is 4.79 Å². The third-order valence-corrected chi connectivity index (χ3v) is 6.74. The molecule has 1 unspecified atom stereocenters. The predicted octanol–water partition coefficient (Wildman–Crippen LogP) is 5.30. The first-order valence-corrected chi connectivity index (χ1v) is 12.8. The van der Waals surface area contributed by atoms with E-state index in [4.69, 9.17) is 4.52 Å². The van der Waals surface area contributed by atoms with E-state index in [1.807, 2.05) is 0 Å². The van der Waals surface area contributed by atoms with Gasteiger partial charge in [-0.3, -0.25) is 9.69 Å². The van der Waals surface area contributed by atoms with Gasteiger partial charge in [-0.15, -0.1) is 0 Å². The lowest BCUT2D eigenvalue weighted by atomic mass is 9.87. The Morgan fingerprint density at radius 3 is 2.71 bits per heavy atom. The normalized spacial score (nSPS) is 16.9. The van der Waals surface area contributed by atoms with Crippen LogP contribution >= 0.6 is 0 Å². The first kappa shape index (κ1) is 25.1. The van der Waals surface area contributed by atoms with Gasteiger partial charge in [0.25, 0.3) is 0 Å². The zero-order valence-electron chi connectivity index (χ0n) is 21.5. The summed E-state index contributed by atoms with van der Waals surface area (Å²) in [5.74, 6) is 1.37. The van der Waals surface area contributed by atoms with Crippen LogP contribution in [0.2, 0.25) is 0 Å². The quantitative estimate of drug-likeness (QED) is 0.449. The molecule has 2 heterocycles. The standard InChI is InChI=1S/C29H38N4O2/c1-21-8-5-9-22(18-21)10-6-16-30-28(34)24-11-7-17-33(19-24)20-26-31-27(32-35-26)23-12-14-25(15-13-23)29(2,3)4/h5,8-9,12-15,18,24H,6-7,10-11,16-17,19-20H2,1-4H3,(H,30,34). The Balaban J connectivity index is 1.25. The summed E-state index contributed by atoms with van der Waals surface area (Å²) >= 11 is 0. The number of nitrogens with one attached hydrogen (secondary N) is 1. The second-order valence-electron chi connectivity index (χ2n) is 10.8. The number of hydrogen-bond acceptors (Lipinski definition) is 5. The van der Waals surface area contributed by atoms with Gasteiger partial charge in [0.05, 0.1) is 12.5 Å². The van der Waals surface area contributed by atoms with Crippen molar-refractivity contribution >= 4 is 5.91 Å². The SMILES string of the molecule is Cc1cccc(CCCNC(=O)C2CCCN(Cc3nc(-c4ccc(C(C)(C)C)cc4)no3)C2)c1. The second kappa shape index (κ2) is 11.2. The first-order valence-electron chi connectivity index (χ1n) is 12.8. The summed E-state index contributed by atoms with van der Waals surface area (Å²) in [7, 11) is 0. The maximum atomic E-state index is 12.8. The van der Waals surface area contributed by atoms with E-state index in [0.29, 0.717) is 24.8 Å². The van der Waals surface area contributed by atoms with E-state index in [2.05, 4.69) is 96.6 Å². The minimum atomic E-state index is 0.00931. The number of aryl methyl sites for hydroxylation is 2. The van der Waals surface area contributed by atoms with Crippen LogP contribution in [0.4, 0.5) is 0 Å². The first-order chi connectivity index (χ1) is 16.8. The van der Waals surface area contributed by atoms with Crippen molar-refractivity contribution in [2.24, 2.45) is 5.92 Å². The Kier molecular flexibility index (Phi) is 8.01. The van der Waals surface area contributed by atoms with Gasteiger partial charge in [0.1, 0.15) is 0 Å². The van der Waals surface area contributed by atoms with Crippen molar-refractivity contribution in [2.75, 3.05) is 19.6 Å². The largest absolute Gasteiger partial charge is 0.356 e. The van der Waals surface area contributed by atoms with Crippen LogP contribution in [0.5, 0.6) is 0 Å². The number of piperidine rings is 1. The Labute approximate surface area is 209 Å². The lowest BCUT2D eigenvalue weighted by Gasteiger charge is -2.30. The molecule has 0 spiro atoms. The number of carbonyl (C=O) groups excluding carboxylic acids is 1. The number of rotatable bonds is 8. The zero-order chi connectivity index (χ0) is 24.8. The Morgan fingerprint density at radius 2 is 1.97 bits per heavy atom. The Hall–Kier alpha value is -2.99. The number of nitrogens with zero attached hydrogens (tertiary/aromatic N) is 3. The van der Waals surface area contributed by atoms with Crippen molar-refractivity contribution in [1.29, 1.82) is 0 Å². The van der Waals surface area contributed by atoms with Gasteiger partial charge in [0.2, 0.25) is 17.6 Å². The number of hydrogen-bond donors (Lipinski definition) is 1. The van der Waals surface area contributed by atoms with Crippen LogP contribution in [-0.2, 0) is 23.2 Å². The van der Waals surface area contributed by atoms with E-state index >= 15 is 0 Å². The van der Waals surface area contributed by atoms with Crippen molar-refractivity contribution < 1.29 is 9.32 Å². The van der Waals surface area contributed by atoms with Crippen LogP contribution in [0.15, 0.2) is 53.1 Å². The molecule has 1 N–H and O–H groups in total. The maximum absolute atomic E-state index is 12.8. The third kappa shape index (κ3) is 7.01. The molecule has 6 nitrogen and oxygen atoms in total. The van der Waals surface area contributed by atoms with Gasteiger partial charge >= 0.3 is 0 Å². The van der Waals surface area contributed by atoms with Crippen molar-refractivity contribution in [3.8, 4) is 11.4 Å². The summed E-state index contributed by atoms with van der Waals surface area (Å²) in [5, 5.41) is 7.33. The molecule has 1 aliphatic heterocycles. The topological polar surface area (TPSA) is 71.3 Å². The van der Waals surface area contributed by atoms with Crippen LogP contribution in [0.1, 0.15) is 62.6 Å². The second-order valence-corrected chi connectivity index (χ2v) is 10.8. The lowest BCUT2D eigenvalue weighted by Crippen LogP contribution is -2.43. The minimum absolute atomic E-state index is 0.00931. The molecule has 186 valence electrons. The molecule has 3 aromatic rings. The molecule has 1 fully saturated rings. The molecule has 1 amide bonds. The van der Waals surface area contributed by atoms with Gasteiger partial charge in [-0.1, -0.05) is 80.0 Å². The number of carbonyl (C=O) groups is 1. The highest BCUT2D eigenvalue weighted by molar-refractivity contribution is 5.78. The van der Waals surface area contributed by atoms with Gasteiger partial charge in [0.15, 0.2) is 0 Å². The molecule has 0 saturated carbocycles. The van der Waals surface area contributed by atoms with Crippen LogP contribution in [0, 0.1) is 12.8 Å². The monoisotopic (exact) mass is 474 g/mol. The molecule has 1 aromatic heterocycles. The fourth-order valence-corrected chi connectivity index (χ4v) is 4.68. The molecule has 0 radical (unpaired) electrons. The summed E-state index contributed by atoms with van der Waals surface area (Å²) in [6, 6.07) is 16.9. The molecule has 35 heavy (non-hydrogen) atoms. The molecule has 0 bridgehead atoms. The predicted molar refractivity (Wildman–Crippen MR) is 139 cm³/mol. The summed E-state index contributed by atoms with van der Waals surface area (Å²) in [6.07, 6.45) is 3.86. The van der Waals surface area contributed by atoms with Gasteiger partial charge in [-0.25, -0.2) is 0 Å². The van der Waals surface area contributed by atoms with Gasteiger partial charge in [0, 0.05) is 18.7 Å². The Morgan fingerprint density at radius 1 is 1.17 bits per heavy atom. The highest BCUT2D eigenvalue weighted by atomic mass is 16.5. The van der Waals surface area contributed by atoms with E-state index in [0.717, 1.165) is 44.3 Å². The van der Waals surface area contributed by atoms with E-state index < -0.39 is 0 Å². The fourth-order valence-electron chi connectivity index (χ4n) is 4.68. The minimum Gasteiger partial charge on any atom is -0.356 e. The molecule has 4 rings (SSSR count). The van der Waals surface area contributed by atoms with Crippen LogP contribution in [0.3, 0.4) is 0 Å². The number of amides is 1. The highest BCUT2D eigenvalue weighted by Gasteiger charge is 2.26. The average molecular weight is 475 g/mol. The number of benzene rings is 2. The van der Waals surface area contributed by atoms with Crippen molar-refractivity contribution in [2.45, 2.75) is 65.3 Å². The van der Waals surface area contributed by atoms with Crippen molar-refractivity contribution in [1.82, 2.24) is 20.4 Å². The summed E-state index contributed by atoms with van der Waals surface area (Å²) in [5.41, 5.74) is 4.94. The molecular formula is C29H38N4O2.